The van der Waals surface area contributed by atoms with E-state index in [9.17, 15) is 17.6 Å². The van der Waals surface area contributed by atoms with Crippen LogP contribution in [-0.4, -0.2) is 25.4 Å². The quantitative estimate of drug-likeness (QED) is 0.851. The summed E-state index contributed by atoms with van der Waals surface area (Å²) in [6, 6.07) is 3.12. The minimum Gasteiger partial charge on any atom is -0.492 e. The third-order valence-corrected chi connectivity index (χ3v) is 1.81. The molecule has 1 rings (SSSR count). The molecule has 0 amide bonds. The topological polar surface area (TPSA) is 44.5 Å². The molecule has 1 atom stereocenters. The maximum absolute atomic E-state index is 13.3. The molecule has 0 bridgehead atoms. The Morgan fingerprint density at radius 2 is 1.89 bits per heavy atom. The molecular weight excluding hydrogens is 290 g/mol. The van der Waals surface area contributed by atoms with E-state index in [0.717, 1.165) is 12.1 Å². The number of ether oxygens (including phenoxy) is 2. The lowest BCUT2D eigenvalue weighted by atomic mass is 10.3. The van der Waals surface area contributed by atoms with Crippen LogP contribution in [0.5, 0.6) is 11.5 Å². The van der Waals surface area contributed by atoms with Crippen LogP contribution in [0.4, 0.5) is 17.6 Å². The summed E-state index contributed by atoms with van der Waals surface area (Å²) in [6.07, 6.45) is -4.50. The smallest absolute Gasteiger partial charge is 0.422 e. The van der Waals surface area contributed by atoms with Gasteiger partial charge in [-0.25, -0.2) is 4.39 Å². The van der Waals surface area contributed by atoms with Crippen molar-refractivity contribution in [2.24, 2.45) is 5.73 Å². The van der Waals surface area contributed by atoms with Crippen LogP contribution < -0.4 is 15.2 Å². The van der Waals surface area contributed by atoms with Crippen molar-refractivity contribution < 1.29 is 27.0 Å². The van der Waals surface area contributed by atoms with Gasteiger partial charge >= 0.3 is 6.18 Å². The first-order valence-electron chi connectivity index (χ1n) is 5.15. The summed E-state index contributed by atoms with van der Waals surface area (Å²) in [7, 11) is 0. The van der Waals surface area contributed by atoms with Crippen molar-refractivity contribution in [3.8, 4) is 11.5 Å². The van der Waals surface area contributed by atoms with Crippen molar-refractivity contribution in [2.45, 2.75) is 19.1 Å². The predicted molar refractivity (Wildman–Crippen MR) is 64.3 cm³/mol. The zero-order valence-electron chi connectivity index (χ0n) is 10.0. The van der Waals surface area contributed by atoms with Gasteiger partial charge in [0.25, 0.3) is 0 Å². The molecule has 2 N–H and O–H groups in total. The fourth-order valence-corrected chi connectivity index (χ4v) is 1.08. The number of benzene rings is 1. The van der Waals surface area contributed by atoms with Crippen molar-refractivity contribution in [3.63, 3.8) is 0 Å². The van der Waals surface area contributed by atoms with E-state index < -0.39 is 24.3 Å². The number of halogens is 5. The van der Waals surface area contributed by atoms with Crippen LogP contribution in [0.3, 0.4) is 0 Å². The molecule has 0 saturated heterocycles. The van der Waals surface area contributed by atoms with E-state index >= 15 is 0 Å². The second-order valence-corrected chi connectivity index (χ2v) is 3.78. The molecule has 3 nitrogen and oxygen atoms in total. The van der Waals surface area contributed by atoms with E-state index in [1.165, 1.54) is 6.07 Å². The lowest BCUT2D eigenvalue weighted by molar-refractivity contribution is -0.153. The van der Waals surface area contributed by atoms with Crippen LogP contribution in [0.1, 0.15) is 6.92 Å². The first kappa shape index (κ1) is 17.8. The molecular formula is C11H14ClF4NO2. The number of rotatable bonds is 5. The molecule has 0 spiro atoms. The molecule has 0 aliphatic rings. The molecule has 1 aromatic carbocycles. The zero-order valence-corrected chi connectivity index (χ0v) is 10.9. The standard InChI is InChI=1S/C11H13F4NO2.ClH/c1-7(16)5-17-8-2-3-10(9(12)4-8)18-6-11(13,14)15;/h2-4,7H,5-6,16H2,1H3;1H. The Bertz CT molecular complexity index is 399. The first-order chi connectivity index (χ1) is 8.28. The molecule has 0 heterocycles. The minimum atomic E-state index is -4.50. The molecule has 110 valence electrons. The number of hydrogen-bond acceptors (Lipinski definition) is 3. The highest BCUT2D eigenvalue weighted by atomic mass is 35.5. The van der Waals surface area contributed by atoms with Gasteiger partial charge in [0.2, 0.25) is 0 Å². The average molecular weight is 304 g/mol. The number of alkyl halides is 3. The van der Waals surface area contributed by atoms with E-state index in [2.05, 4.69) is 4.74 Å². The van der Waals surface area contributed by atoms with Gasteiger partial charge in [-0.2, -0.15) is 13.2 Å². The van der Waals surface area contributed by atoms with Crippen LogP contribution in [0.15, 0.2) is 18.2 Å². The van der Waals surface area contributed by atoms with Gasteiger partial charge in [-0.05, 0) is 19.1 Å². The van der Waals surface area contributed by atoms with Crippen molar-refractivity contribution in [1.82, 2.24) is 0 Å². The lowest BCUT2D eigenvalue weighted by Crippen LogP contribution is -2.23. The third-order valence-electron chi connectivity index (χ3n) is 1.81. The fraction of sp³-hybridized carbons (Fsp3) is 0.455. The van der Waals surface area contributed by atoms with Gasteiger partial charge in [-0.15, -0.1) is 12.4 Å². The average Bonchev–Trinajstić information content (AvgIpc) is 2.23. The van der Waals surface area contributed by atoms with Gasteiger partial charge < -0.3 is 15.2 Å². The summed E-state index contributed by atoms with van der Waals surface area (Å²) in [4.78, 5) is 0. The molecule has 0 aliphatic heterocycles. The van der Waals surface area contributed by atoms with E-state index in [-0.39, 0.29) is 30.8 Å². The second kappa shape index (κ2) is 7.40. The Morgan fingerprint density at radius 3 is 2.37 bits per heavy atom. The van der Waals surface area contributed by atoms with Crippen LogP contribution in [0.25, 0.3) is 0 Å². The van der Waals surface area contributed by atoms with Crippen LogP contribution >= 0.6 is 12.4 Å². The van der Waals surface area contributed by atoms with Gasteiger partial charge in [0.05, 0.1) is 0 Å². The summed E-state index contributed by atoms with van der Waals surface area (Å²) in [6.45, 7) is 0.351. The Morgan fingerprint density at radius 1 is 1.26 bits per heavy atom. The second-order valence-electron chi connectivity index (χ2n) is 3.78. The molecule has 0 fully saturated rings. The van der Waals surface area contributed by atoms with Crippen molar-refractivity contribution in [3.05, 3.63) is 24.0 Å². The molecule has 8 heteroatoms. The largest absolute Gasteiger partial charge is 0.492 e. The number of hydrogen-bond donors (Lipinski definition) is 1. The zero-order chi connectivity index (χ0) is 13.8. The summed E-state index contributed by atoms with van der Waals surface area (Å²) < 4.78 is 58.4. The maximum atomic E-state index is 13.3. The van der Waals surface area contributed by atoms with Crippen LogP contribution in [-0.2, 0) is 0 Å². The highest BCUT2D eigenvalue weighted by molar-refractivity contribution is 5.85. The fourth-order valence-electron chi connectivity index (χ4n) is 1.08. The summed E-state index contributed by atoms with van der Waals surface area (Å²) in [5.41, 5.74) is 5.44. The van der Waals surface area contributed by atoms with Gasteiger partial charge in [-0.3, -0.25) is 0 Å². The molecule has 19 heavy (non-hydrogen) atoms. The van der Waals surface area contributed by atoms with Gasteiger partial charge in [0.1, 0.15) is 12.4 Å². The summed E-state index contributed by atoms with van der Waals surface area (Å²) in [5.74, 6) is -1.20. The van der Waals surface area contributed by atoms with Crippen LogP contribution in [0, 0.1) is 5.82 Å². The molecule has 0 saturated carbocycles. The molecule has 0 aliphatic carbocycles. The number of nitrogens with two attached hydrogens (primary N) is 1. The normalized spacial score (nSPS) is 12.5. The van der Waals surface area contributed by atoms with Crippen molar-refractivity contribution in [2.75, 3.05) is 13.2 Å². The van der Waals surface area contributed by atoms with E-state index in [1.54, 1.807) is 6.92 Å². The highest BCUT2D eigenvalue weighted by Gasteiger charge is 2.28. The lowest BCUT2D eigenvalue weighted by Gasteiger charge is -2.12. The highest BCUT2D eigenvalue weighted by Crippen LogP contribution is 2.25. The predicted octanol–water partition coefficient (Wildman–Crippen LogP) is 2.91. The van der Waals surface area contributed by atoms with Crippen molar-refractivity contribution in [1.29, 1.82) is 0 Å². The Labute approximate surface area is 114 Å². The third kappa shape index (κ3) is 7.07. The first-order valence-corrected chi connectivity index (χ1v) is 5.15. The Hall–Kier alpha value is -1.21. The Kier molecular flexibility index (Phi) is 6.93. The Balaban J connectivity index is 0.00000324. The summed E-state index contributed by atoms with van der Waals surface area (Å²) >= 11 is 0. The van der Waals surface area contributed by atoms with Crippen molar-refractivity contribution >= 4 is 12.4 Å². The molecule has 1 aromatic rings. The molecule has 0 radical (unpaired) electrons. The maximum Gasteiger partial charge on any atom is 0.422 e. The van der Waals surface area contributed by atoms with E-state index in [4.69, 9.17) is 10.5 Å². The van der Waals surface area contributed by atoms with Gasteiger partial charge in [0.15, 0.2) is 18.2 Å². The van der Waals surface area contributed by atoms with Gasteiger partial charge in [0, 0.05) is 12.1 Å². The SMILES string of the molecule is CC(N)COc1ccc(OCC(F)(F)F)c(F)c1.Cl. The van der Waals surface area contributed by atoms with Crippen LogP contribution in [0.2, 0.25) is 0 Å². The van der Waals surface area contributed by atoms with Gasteiger partial charge in [-0.1, -0.05) is 0 Å². The molecule has 0 aromatic heterocycles. The summed E-state index contributed by atoms with van der Waals surface area (Å²) in [5, 5.41) is 0. The van der Waals surface area contributed by atoms with E-state index in [0.29, 0.717) is 0 Å². The minimum absolute atomic E-state index is 0. The molecule has 1 unspecified atom stereocenters. The van der Waals surface area contributed by atoms with E-state index in [1.807, 2.05) is 0 Å². The monoisotopic (exact) mass is 303 g/mol.